The van der Waals surface area contributed by atoms with Gasteiger partial charge in [-0.2, -0.15) is 0 Å². The number of benzene rings is 3. The molecule has 26 heavy (non-hydrogen) atoms. The monoisotopic (exact) mass is 368 g/mol. The van der Waals surface area contributed by atoms with Crippen molar-refractivity contribution < 1.29 is 19.4 Å². The van der Waals surface area contributed by atoms with Crippen LogP contribution in [0.5, 0.6) is 11.5 Å². The van der Waals surface area contributed by atoms with Crippen LogP contribution in [0.4, 0.5) is 0 Å². The Morgan fingerprint density at radius 2 is 1.46 bits per heavy atom. The number of rotatable bonds is 6. The van der Waals surface area contributed by atoms with Gasteiger partial charge in [0.05, 0.1) is 10.6 Å². The molecule has 3 aromatic carbocycles. The Morgan fingerprint density at radius 3 is 2.12 bits per heavy atom. The van der Waals surface area contributed by atoms with Gasteiger partial charge in [-0.1, -0.05) is 48.0 Å². The zero-order chi connectivity index (χ0) is 18.4. The van der Waals surface area contributed by atoms with E-state index in [1.165, 1.54) is 0 Å². The molecule has 0 aliphatic carbocycles. The fraction of sp³-hybridized carbons (Fsp3) is 0.0952. The Labute approximate surface area is 156 Å². The van der Waals surface area contributed by atoms with Crippen molar-refractivity contribution in [3.8, 4) is 22.6 Å². The first-order valence-electron chi connectivity index (χ1n) is 8.07. The van der Waals surface area contributed by atoms with E-state index in [0.717, 1.165) is 11.1 Å². The summed E-state index contributed by atoms with van der Waals surface area (Å²) in [4.78, 5) is 12.1. The minimum atomic E-state index is -0.412. The standard InChI is InChI=1S/C21H17ClO4/c22-19-3-1-2-4-20(19)25-13-14-26-21(24)17-7-5-15(6-8-17)16-9-11-18(23)12-10-16/h1-12,23H,13-14H2. The molecule has 0 aliphatic heterocycles. The zero-order valence-electron chi connectivity index (χ0n) is 13.9. The van der Waals surface area contributed by atoms with Crippen LogP contribution in [0.1, 0.15) is 10.4 Å². The lowest BCUT2D eigenvalue weighted by atomic mass is 10.0. The van der Waals surface area contributed by atoms with Gasteiger partial charge < -0.3 is 14.6 Å². The van der Waals surface area contributed by atoms with Gasteiger partial charge in [-0.05, 0) is 47.5 Å². The fourth-order valence-corrected chi connectivity index (χ4v) is 2.57. The highest BCUT2D eigenvalue weighted by Crippen LogP contribution is 2.23. The third-order valence-electron chi connectivity index (χ3n) is 3.73. The van der Waals surface area contributed by atoms with Crippen molar-refractivity contribution in [1.29, 1.82) is 0 Å². The Hall–Kier alpha value is -2.98. The summed E-state index contributed by atoms with van der Waals surface area (Å²) in [6.07, 6.45) is 0. The molecule has 5 heteroatoms. The average Bonchev–Trinajstić information content (AvgIpc) is 2.67. The highest BCUT2D eigenvalue weighted by molar-refractivity contribution is 6.32. The van der Waals surface area contributed by atoms with Gasteiger partial charge in [0, 0.05) is 0 Å². The van der Waals surface area contributed by atoms with Gasteiger partial charge in [0.25, 0.3) is 0 Å². The number of halogens is 1. The zero-order valence-corrected chi connectivity index (χ0v) is 14.6. The topological polar surface area (TPSA) is 55.8 Å². The molecule has 0 atom stereocenters. The van der Waals surface area contributed by atoms with Crippen LogP contribution >= 0.6 is 11.6 Å². The predicted molar refractivity (Wildman–Crippen MR) is 101 cm³/mol. The minimum Gasteiger partial charge on any atom is -0.508 e. The lowest BCUT2D eigenvalue weighted by Gasteiger charge is -2.09. The molecule has 0 radical (unpaired) electrons. The Balaban J connectivity index is 1.52. The van der Waals surface area contributed by atoms with E-state index in [2.05, 4.69) is 0 Å². The number of para-hydroxylation sites is 1. The predicted octanol–water partition coefficient (Wildman–Crippen LogP) is 4.95. The smallest absolute Gasteiger partial charge is 0.338 e. The van der Waals surface area contributed by atoms with Gasteiger partial charge >= 0.3 is 5.97 Å². The van der Waals surface area contributed by atoms with Crippen molar-refractivity contribution in [2.75, 3.05) is 13.2 Å². The van der Waals surface area contributed by atoms with Crippen LogP contribution in [-0.4, -0.2) is 24.3 Å². The van der Waals surface area contributed by atoms with E-state index in [4.69, 9.17) is 21.1 Å². The molecule has 0 aromatic heterocycles. The van der Waals surface area contributed by atoms with Crippen LogP contribution in [0.15, 0.2) is 72.8 Å². The first-order valence-corrected chi connectivity index (χ1v) is 8.45. The van der Waals surface area contributed by atoms with Gasteiger partial charge in [0.1, 0.15) is 24.7 Å². The molecular weight excluding hydrogens is 352 g/mol. The number of aromatic hydroxyl groups is 1. The number of hydrogen-bond acceptors (Lipinski definition) is 4. The van der Waals surface area contributed by atoms with E-state index in [1.54, 1.807) is 36.4 Å². The SMILES string of the molecule is O=C(OCCOc1ccccc1Cl)c1ccc(-c2ccc(O)cc2)cc1. The van der Waals surface area contributed by atoms with Crippen LogP contribution in [-0.2, 0) is 4.74 Å². The molecule has 3 aromatic rings. The van der Waals surface area contributed by atoms with Crippen molar-refractivity contribution in [3.63, 3.8) is 0 Å². The van der Waals surface area contributed by atoms with Crippen molar-refractivity contribution in [1.82, 2.24) is 0 Å². The summed E-state index contributed by atoms with van der Waals surface area (Å²) in [6.45, 7) is 0.352. The molecule has 0 heterocycles. The molecule has 0 aliphatic rings. The summed E-state index contributed by atoms with van der Waals surface area (Å²) in [6, 6.07) is 21.1. The van der Waals surface area contributed by atoms with Crippen molar-refractivity contribution in [2.45, 2.75) is 0 Å². The van der Waals surface area contributed by atoms with E-state index < -0.39 is 5.97 Å². The van der Waals surface area contributed by atoms with Gasteiger partial charge in [-0.25, -0.2) is 4.79 Å². The summed E-state index contributed by atoms with van der Waals surface area (Å²) in [5.41, 5.74) is 2.37. The molecule has 4 nitrogen and oxygen atoms in total. The highest BCUT2D eigenvalue weighted by atomic mass is 35.5. The summed E-state index contributed by atoms with van der Waals surface area (Å²) in [5, 5.41) is 9.85. The normalized spacial score (nSPS) is 10.3. The van der Waals surface area contributed by atoms with E-state index in [1.807, 2.05) is 36.4 Å². The second-order valence-electron chi connectivity index (χ2n) is 5.54. The van der Waals surface area contributed by atoms with Crippen molar-refractivity contribution in [3.05, 3.63) is 83.4 Å². The van der Waals surface area contributed by atoms with Crippen LogP contribution < -0.4 is 4.74 Å². The maximum absolute atomic E-state index is 12.1. The summed E-state index contributed by atoms with van der Waals surface area (Å²) < 4.78 is 10.7. The number of carbonyl (C=O) groups is 1. The van der Waals surface area contributed by atoms with Gasteiger partial charge in [0.2, 0.25) is 0 Å². The molecule has 0 spiro atoms. The molecule has 1 N–H and O–H groups in total. The Morgan fingerprint density at radius 1 is 0.846 bits per heavy atom. The fourth-order valence-electron chi connectivity index (χ4n) is 2.38. The number of carbonyl (C=O) groups excluding carboxylic acids is 1. The molecule has 0 saturated carbocycles. The number of esters is 1. The van der Waals surface area contributed by atoms with Gasteiger partial charge in [-0.3, -0.25) is 0 Å². The van der Waals surface area contributed by atoms with Gasteiger partial charge in [0.15, 0.2) is 0 Å². The van der Waals surface area contributed by atoms with Crippen LogP contribution in [0, 0.1) is 0 Å². The molecule has 0 unspecified atom stereocenters. The Kier molecular flexibility index (Phi) is 5.77. The van der Waals surface area contributed by atoms with Crippen molar-refractivity contribution in [2.24, 2.45) is 0 Å². The molecule has 3 rings (SSSR count). The van der Waals surface area contributed by atoms with Gasteiger partial charge in [-0.15, -0.1) is 0 Å². The van der Waals surface area contributed by atoms with Crippen LogP contribution in [0.25, 0.3) is 11.1 Å². The number of hydrogen-bond donors (Lipinski definition) is 1. The molecule has 132 valence electrons. The summed E-state index contributed by atoms with van der Waals surface area (Å²) in [7, 11) is 0. The maximum atomic E-state index is 12.1. The number of ether oxygens (including phenoxy) is 2. The summed E-state index contributed by atoms with van der Waals surface area (Å²) in [5.74, 6) is 0.362. The second-order valence-corrected chi connectivity index (χ2v) is 5.95. The first kappa shape index (κ1) is 17.8. The number of phenolic OH excluding ortho intramolecular Hbond substituents is 1. The molecule has 0 saturated heterocycles. The number of phenols is 1. The first-order chi connectivity index (χ1) is 12.6. The second kappa shape index (κ2) is 8.41. The molecular formula is C21H17ClO4. The molecule has 0 amide bonds. The van der Waals surface area contributed by atoms with E-state index in [-0.39, 0.29) is 19.0 Å². The third-order valence-corrected chi connectivity index (χ3v) is 4.04. The average molecular weight is 369 g/mol. The lowest BCUT2D eigenvalue weighted by Crippen LogP contribution is -2.12. The molecule has 0 bridgehead atoms. The largest absolute Gasteiger partial charge is 0.508 e. The quantitative estimate of drug-likeness (QED) is 0.494. The highest BCUT2D eigenvalue weighted by Gasteiger charge is 2.08. The summed E-state index contributed by atoms with van der Waals surface area (Å²) >= 11 is 5.99. The minimum absolute atomic E-state index is 0.129. The Bertz CT molecular complexity index is 873. The van der Waals surface area contributed by atoms with E-state index in [9.17, 15) is 9.90 Å². The third kappa shape index (κ3) is 4.55. The van der Waals surface area contributed by atoms with Crippen LogP contribution in [0.3, 0.4) is 0 Å². The van der Waals surface area contributed by atoms with E-state index in [0.29, 0.717) is 16.3 Å². The van der Waals surface area contributed by atoms with Crippen LogP contribution in [0.2, 0.25) is 5.02 Å². The lowest BCUT2D eigenvalue weighted by molar-refractivity contribution is 0.0450. The van der Waals surface area contributed by atoms with Crippen molar-refractivity contribution >= 4 is 17.6 Å². The molecule has 0 fully saturated rings. The van der Waals surface area contributed by atoms with E-state index >= 15 is 0 Å². The maximum Gasteiger partial charge on any atom is 0.338 e.